The highest BCUT2D eigenvalue weighted by atomic mass is 35.5. The zero-order valence-electron chi connectivity index (χ0n) is 34.9. The molecule has 6 aromatic rings. The van der Waals surface area contributed by atoms with Crippen LogP contribution < -0.4 is 14.7 Å². The van der Waals surface area contributed by atoms with E-state index in [2.05, 4.69) is 10.2 Å². The van der Waals surface area contributed by atoms with E-state index in [0.29, 0.717) is 33.4 Å². The molecule has 12 nitrogen and oxygen atoms in total. The van der Waals surface area contributed by atoms with Gasteiger partial charge in [-0.1, -0.05) is 35.4 Å². The number of aryl methyl sites for hydroxylation is 2. The first kappa shape index (κ1) is 40.6. The quantitative estimate of drug-likeness (QED) is 0.0956. The van der Waals surface area contributed by atoms with Crippen molar-refractivity contribution in [2.45, 2.75) is 32.6 Å². The SMILES string of the molecule is Cc1c(-c2cc(N3C(=O)C4CC5C(=CCC6C(=O)N(c7ccc(N=Nc8ccc(N(C)C)cc8)cc7)C(=O)C65)C(c5cccc(F)c5O)C4(C)C3=O)n(C)n2)sc2ccc(Cl)cc12. The van der Waals surface area contributed by atoms with Gasteiger partial charge in [-0.3, -0.25) is 28.8 Å². The zero-order valence-corrected chi connectivity index (χ0v) is 36.5. The number of allylic oxidation sites excluding steroid dienone is 2. The molecule has 63 heavy (non-hydrogen) atoms. The van der Waals surface area contributed by atoms with Gasteiger partial charge in [0, 0.05) is 54.1 Å². The Morgan fingerprint density at radius 3 is 2.29 bits per heavy atom. The van der Waals surface area contributed by atoms with Crippen molar-refractivity contribution in [1.29, 1.82) is 0 Å². The number of carbonyl (C=O) groups excluding carboxylic acids is 4. The molecule has 3 fully saturated rings. The van der Waals surface area contributed by atoms with Gasteiger partial charge in [0.25, 0.3) is 0 Å². The molecule has 0 radical (unpaired) electrons. The molecule has 1 N–H and O–H groups in total. The van der Waals surface area contributed by atoms with Crippen LogP contribution in [0.4, 0.5) is 33.0 Å². The first-order chi connectivity index (χ1) is 30.2. The summed E-state index contributed by atoms with van der Waals surface area (Å²) >= 11 is 7.85. The van der Waals surface area contributed by atoms with Gasteiger partial charge in [-0.05, 0) is 116 Å². The fourth-order valence-electron chi connectivity index (χ4n) is 10.4. The van der Waals surface area contributed by atoms with Gasteiger partial charge in [-0.25, -0.2) is 9.29 Å². The summed E-state index contributed by atoms with van der Waals surface area (Å²) in [6.07, 6.45) is 2.13. The van der Waals surface area contributed by atoms with Gasteiger partial charge >= 0.3 is 0 Å². The molecule has 1 saturated carbocycles. The number of para-hydroxylation sites is 1. The van der Waals surface area contributed by atoms with Crippen LogP contribution in [0.25, 0.3) is 20.7 Å². The number of phenolic OH excluding ortho intramolecular Hbond substituents is 1. The van der Waals surface area contributed by atoms with E-state index in [-0.39, 0.29) is 30.1 Å². The Bertz CT molecular complexity index is 3000. The summed E-state index contributed by atoms with van der Waals surface area (Å²) in [6, 6.07) is 25.8. The number of aromatic nitrogens is 2. The predicted octanol–water partition coefficient (Wildman–Crippen LogP) is 10.0. The Labute approximate surface area is 370 Å². The van der Waals surface area contributed by atoms with Crippen LogP contribution in [0.1, 0.15) is 36.8 Å². The van der Waals surface area contributed by atoms with Crippen molar-refractivity contribution in [2.24, 2.45) is 46.4 Å². The summed E-state index contributed by atoms with van der Waals surface area (Å²) in [5.74, 6) is -7.33. The van der Waals surface area contributed by atoms with Gasteiger partial charge in [0.15, 0.2) is 11.6 Å². The molecule has 2 aromatic heterocycles. The Kier molecular flexibility index (Phi) is 9.53. The van der Waals surface area contributed by atoms with E-state index in [1.165, 1.54) is 27.0 Å². The third-order valence-corrected chi connectivity index (χ3v) is 15.1. The number of nitrogens with zero attached hydrogens (tertiary/aromatic N) is 7. The molecule has 2 aliphatic heterocycles. The zero-order chi connectivity index (χ0) is 44.2. The van der Waals surface area contributed by atoms with E-state index in [1.807, 2.05) is 74.5 Å². The number of anilines is 3. The first-order valence-electron chi connectivity index (χ1n) is 20.6. The summed E-state index contributed by atoms with van der Waals surface area (Å²) in [4.78, 5) is 64.2. The molecule has 10 rings (SSSR count). The van der Waals surface area contributed by atoms with E-state index in [9.17, 15) is 19.5 Å². The Balaban J connectivity index is 0.993. The summed E-state index contributed by atoms with van der Waals surface area (Å²) in [6.45, 7) is 3.67. The molecule has 4 heterocycles. The van der Waals surface area contributed by atoms with Crippen molar-refractivity contribution in [3.63, 3.8) is 0 Å². The number of rotatable bonds is 7. The van der Waals surface area contributed by atoms with Gasteiger partial charge in [-0.15, -0.1) is 11.3 Å². The second kappa shape index (κ2) is 14.8. The average Bonchev–Trinajstić information content (AvgIpc) is 3.94. The summed E-state index contributed by atoms with van der Waals surface area (Å²) < 4.78 is 17.8. The fraction of sp³-hybridized carbons (Fsp3) is 0.271. The maximum Gasteiger partial charge on any atom is 0.242 e. The lowest BCUT2D eigenvalue weighted by atomic mass is 9.51. The highest BCUT2D eigenvalue weighted by Gasteiger charge is 2.68. The maximum absolute atomic E-state index is 15.3. The number of hydrogen-bond donors (Lipinski definition) is 1. The van der Waals surface area contributed by atoms with Crippen LogP contribution in [-0.2, 0) is 26.2 Å². The molecule has 0 spiro atoms. The summed E-state index contributed by atoms with van der Waals surface area (Å²) in [5.41, 5.74) is 3.38. The number of amides is 4. The normalized spacial score (nSPS) is 24.4. The average molecular weight is 882 g/mol. The fourth-order valence-corrected chi connectivity index (χ4v) is 11.7. The topological polar surface area (TPSA) is 141 Å². The van der Waals surface area contributed by atoms with Crippen molar-refractivity contribution in [2.75, 3.05) is 28.8 Å². The molecule has 2 saturated heterocycles. The van der Waals surface area contributed by atoms with Crippen LogP contribution in [0, 0.1) is 41.8 Å². The van der Waals surface area contributed by atoms with Crippen molar-refractivity contribution < 1.29 is 28.7 Å². The summed E-state index contributed by atoms with van der Waals surface area (Å²) in [7, 11) is 5.58. The highest BCUT2D eigenvalue weighted by Crippen LogP contribution is 2.64. The minimum absolute atomic E-state index is 0.0831. The second-order valence-electron chi connectivity index (χ2n) is 17.2. The van der Waals surface area contributed by atoms with Gasteiger partial charge in [0.05, 0.1) is 45.1 Å². The van der Waals surface area contributed by atoms with E-state index in [0.717, 1.165) is 37.2 Å². The molecule has 6 unspecified atom stereocenters. The minimum atomic E-state index is -1.50. The number of benzene rings is 4. The number of thiophene rings is 1. The lowest BCUT2D eigenvalue weighted by molar-refractivity contribution is -0.131. The van der Waals surface area contributed by atoms with E-state index < -0.39 is 64.3 Å². The molecule has 4 aliphatic rings. The molecular weight excluding hydrogens is 841 g/mol. The summed E-state index contributed by atoms with van der Waals surface area (Å²) in [5, 5.41) is 26.4. The molecular formula is C48H41ClFN7O5S. The standard InChI is InChI=1S/C48H41ClFN7O5S/c1-24-33-21-25(49)9-20-38(33)63-43(24)37-23-39(55(5)53-37)57-45(60)35-22-34-30(41(48(35,2)47(57)62)32-7-6-8-36(50)42(32)58)18-19-31-40(34)46(61)56(44(31)59)29-16-12-27(13-17-29)52-51-26-10-14-28(15-11-26)54(3)4/h6-18,20-21,23,31,34-35,40-41,58H,19,22H2,1-5H3. The van der Waals surface area contributed by atoms with Crippen LogP contribution in [0.5, 0.6) is 5.75 Å². The molecule has 6 atom stereocenters. The largest absolute Gasteiger partial charge is 0.505 e. The van der Waals surface area contributed by atoms with Crippen molar-refractivity contribution >= 4 is 85.2 Å². The van der Waals surface area contributed by atoms with E-state index >= 15 is 9.18 Å². The number of azo groups is 1. The lowest BCUT2D eigenvalue weighted by Gasteiger charge is -2.49. The van der Waals surface area contributed by atoms with Crippen molar-refractivity contribution in [1.82, 2.24) is 9.78 Å². The first-order valence-corrected chi connectivity index (χ1v) is 21.8. The van der Waals surface area contributed by atoms with Crippen LogP contribution in [0.2, 0.25) is 5.02 Å². The number of fused-ring (bicyclic) bond motifs is 5. The third-order valence-electron chi connectivity index (χ3n) is 13.6. The van der Waals surface area contributed by atoms with Crippen molar-refractivity contribution in [3.05, 3.63) is 125 Å². The Morgan fingerprint density at radius 1 is 0.889 bits per heavy atom. The van der Waals surface area contributed by atoms with Crippen LogP contribution in [0.15, 0.2) is 113 Å². The van der Waals surface area contributed by atoms with Crippen LogP contribution in [-0.4, -0.2) is 52.6 Å². The minimum Gasteiger partial charge on any atom is -0.505 e. The molecule has 0 bridgehead atoms. The Morgan fingerprint density at radius 2 is 1.59 bits per heavy atom. The van der Waals surface area contributed by atoms with Crippen molar-refractivity contribution in [3.8, 4) is 16.3 Å². The molecule has 4 aromatic carbocycles. The van der Waals surface area contributed by atoms with Gasteiger partial charge in [0.1, 0.15) is 11.5 Å². The Hall–Kier alpha value is -6.51. The molecule has 2 aliphatic carbocycles. The number of halogens is 2. The number of imide groups is 2. The smallest absolute Gasteiger partial charge is 0.242 e. The number of phenols is 1. The predicted molar refractivity (Wildman–Crippen MR) is 240 cm³/mol. The van der Waals surface area contributed by atoms with E-state index in [1.54, 1.807) is 50.4 Å². The monoisotopic (exact) mass is 881 g/mol. The lowest BCUT2D eigenvalue weighted by Crippen LogP contribution is -2.49. The molecule has 15 heteroatoms. The second-order valence-corrected chi connectivity index (χ2v) is 18.7. The molecule has 4 amide bonds. The van der Waals surface area contributed by atoms with E-state index in [4.69, 9.17) is 16.7 Å². The van der Waals surface area contributed by atoms with Gasteiger partial charge in [-0.2, -0.15) is 15.3 Å². The number of carbonyl (C=O) groups is 4. The maximum atomic E-state index is 15.3. The van der Waals surface area contributed by atoms with Gasteiger partial charge in [0.2, 0.25) is 23.6 Å². The van der Waals surface area contributed by atoms with Crippen LogP contribution in [0.3, 0.4) is 0 Å². The van der Waals surface area contributed by atoms with Gasteiger partial charge < -0.3 is 10.0 Å². The third kappa shape index (κ3) is 6.16. The number of hydrogen-bond acceptors (Lipinski definition) is 10. The number of aromatic hydroxyl groups is 1. The highest BCUT2D eigenvalue weighted by molar-refractivity contribution is 7.22. The molecule has 318 valence electrons. The van der Waals surface area contributed by atoms with Crippen LogP contribution >= 0.6 is 22.9 Å².